The Morgan fingerprint density at radius 2 is 2.06 bits per heavy atom. The Morgan fingerprint density at radius 1 is 1.41 bits per heavy atom. The lowest BCUT2D eigenvalue weighted by Gasteiger charge is -2.19. The second-order valence-electron chi connectivity index (χ2n) is 4.79. The second-order valence-corrected chi connectivity index (χ2v) is 4.79. The van der Waals surface area contributed by atoms with Crippen molar-refractivity contribution in [3.8, 4) is 0 Å². The maximum atomic E-state index is 11.4. The van der Waals surface area contributed by atoms with Gasteiger partial charge in [0.25, 0.3) is 0 Å². The molecule has 2 rings (SSSR count). The van der Waals surface area contributed by atoms with Crippen molar-refractivity contribution in [2.75, 3.05) is 0 Å². The Labute approximate surface area is 101 Å². The number of carbonyl (C=O) groups excluding carboxylic acids is 1. The minimum absolute atomic E-state index is 0.203. The first kappa shape index (κ1) is 11.9. The molecule has 2 aromatic rings. The van der Waals surface area contributed by atoms with Crippen molar-refractivity contribution in [1.82, 2.24) is 4.57 Å². The summed E-state index contributed by atoms with van der Waals surface area (Å²) in [4.78, 5) is 11.4. The Kier molecular flexibility index (Phi) is 2.79. The number of hydrogen-bond acceptors (Lipinski definition) is 2. The fraction of sp³-hybridized carbons (Fsp3) is 0.357. The molecule has 0 fully saturated rings. The number of aryl methyl sites for hydroxylation is 1. The molecule has 17 heavy (non-hydrogen) atoms. The van der Waals surface area contributed by atoms with Crippen LogP contribution in [0.2, 0.25) is 0 Å². The summed E-state index contributed by atoms with van der Waals surface area (Å²) in [6, 6.07) is 7.99. The maximum Gasteiger partial charge on any atom is 0.161 e. The van der Waals surface area contributed by atoms with Gasteiger partial charge in [-0.1, -0.05) is 18.2 Å². The number of fused-ring (bicyclic) bond motifs is 1. The molecule has 0 bridgehead atoms. The van der Waals surface area contributed by atoms with Gasteiger partial charge in [-0.05, 0) is 25.5 Å². The highest BCUT2D eigenvalue weighted by Crippen LogP contribution is 2.24. The summed E-state index contributed by atoms with van der Waals surface area (Å²) in [5.74, 6) is -0.203. The quantitative estimate of drug-likeness (QED) is 0.878. The summed E-state index contributed by atoms with van der Waals surface area (Å²) in [6.45, 7) is 2.99. The van der Waals surface area contributed by atoms with E-state index in [1.54, 1.807) is 6.92 Å². The molecule has 1 aromatic heterocycles. The van der Waals surface area contributed by atoms with E-state index in [2.05, 4.69) is 0 Å². The minimum atomic E-state index is -1.29. The number of nitrogens with zero attached hydrogens (tertiary/aromatic N) is 1. The van der Waals surface area contributed by atoms with Gasteiger partial charge in [-0.15, -0.1) is 0 Å². The van der Waals surface area contributed by atoms with Gasteiger partial charge in [0, 0.05) is 30.6 Å². The van der Waals surface area contributed by atoms with Crippen LogP contribution in [0.25, 0.3) is 10.9 Å². The van der Waals surface area contributed by atoms with Gasteiger partial charge in [-0.25, -0.2) is 0 Å². The lowest BCUT2D eigenvalue weighted by Crippen LogP contribution is -2.35. The fourth-order valence-corrected chi connectivity index (χ4v) is 2.06. The fourth-order valence-electron chi connectivity index (χ4n) is 2.06. The van der Waals surface area contributed by atoms with Crippen molar-refractivity contribution < 1.29 is 9.90 Å². The van der Waals surface area contributed by atoms with Crippen LogP contribution in [0.4, 0.5) is 0 Å². The molecule has 90 valence electrons. The molecule has 1 atom stereocenters. The average Bonchev–Trinajstić information content (AvgIpc) is 2.56. The van der Waals surface area contributed by atoms with Gasteiger partial charge in [0.05, 0.1) is 0 Å². The molecule has 1 unspecified atom stereocenters. The number of ketones is 1. The molecule has 3 heteroatoms. The zero-order valence-electron chi connectivity index (χ0n) is 10.4. The van der Waals surface area contributed by atoms with Crippen molar-refractivity contribution in [3.05, 3.63) is 36.0 Å². The van der Waals surface area contributed by atoms with E-state index in [-0.39, 0.29) is 5.78 Å². The molecule has 1 aromatic carbocycles. The highest BCUT2D eigenvalue weighted by atomic mass is 16.3. The summed E-state index contributed by atoms with van der Waals surface area (Å²) in [5, 5.41) is 11.1. The van der Waals surface area contributed by atoms with Crippen LogP contribution in [0.5, 0.6) is 0 Å². The second kappa shape index (κ2) is 4.00. The molecule has 0 spiro atoms. The minimum Gasteiger partial charge on any atom is -0.382 e. The molecule has 0 aliphatic carbocycles. The Balaban J connectivity index is 2.47. The Morgan fingerprint density at radius 3 is 2.71 bits per heavy atom. The first-order valence-electron chi connectivity index (χ1n) is 5.68. The van der Waals surface area contributed by atoms with Crippen molar-refractivity contribution in [1.29, 1.82) is 0 Å². The number of carbonyl (C=O) groups is 1. The van der Waals surface area contributed by atoms with Gasteiger partial charge in [0.1, 0.15) is 5.60 Å². The molecule has 0 saturated heterocycles. The monoisotopic (exact) mass is 231 g/mol. The number of para-hydroxylation sites is 1. The van der Waals surface area contributed by atoms with E-state index in [1.165, 1.54) is 6.92 Å². The largest absolute Gasteiger partial charge is 0.382 e. The average molecular weight is 231 g/mol. The van der Waals surface area contributed by atoms with Crippen LogP contribution in [0.3, 0.4) is 0 Å². The number of hydrogen-bond donors (Lipinski definition) is 1. The van der Waals surface area contributed by atoms with Crippen LogP contribution >= 0.6 is 0 Å². The van der Waals surface area contributed by atoms with Gasteiger partial charge < -0.3 is 9.67 Å². The van der Waals surface area contributed by atoms with Crippen molar-refractivity contribution in [2.45, 2.75) is 25.9 Å². The van der Waals surface area contributed by atoms with Crippen molar-refractivity contribution in [3.63, 3.8) is 0 Å². The van der Waals surface area contributed by atoms with Crippen LogP contribution in [0.15, 0.2) is 30.5 Å². The molecular weight excluding hydrogens is 214 g/mol. The van der Waals surface area contributed by atoms with E-state index in [0.29, 0.717) is 6.42 Å². The molecule has 0 saturated carbocycles. The van der Waals surface area contributed by atoms with Crippen molar-refractivity contribution >= 4 is 16.7 Å². The Hall–Kier alpha value is -1.61. The van der Waals surface area contributed by atoms with E-state index in [4.69, 9.17) is 0 Å². The third-order valence-corrected chi connectivity index (χ3v) is 3.27. The zero-order chi connectivity index (χ0) is 12.6. The lowest BCUT2D eigenvalue weighted by molar-refractivity contribution is -0.133. The topological polar surface area (TPSA) is 42.2 Å². The third-order valence-electron chi connectivity index (χ3n) is 3.27. The number of aliphatic hydroxyl groups is 1. The standard InChI is InChI=1S/C14H17NO2/c1-10(16)14(2,17)8-11-9-15(3)13-7-5-4-6-12(11)13/h4-7,9,17H,8H2,1-3H3. The van der Waals surface area contributed by atoms with Gasteiger partial charge >= 0.3 is 0 Å². The zero-order valence-corrected chi connectivity index (χ0v) is 10.4. The summed E-state index contributed by atoms with van der Waals surface area (Å²) >= 11 is 0. The van der Waals surface area contributed by atoms with E-state index in [0.717, 1.165) is 16.5 Å². The summed E-state index contributed by atoms with van der Waals surface area (Å²) in [6.07, 6.45) is 2.33. The van der Waals surface area contributed by atoms with Crippen LogP contribution in [0.1, 0.15) is 19.4 Å². The molecule has 0 aliphatic heterocycles. The van der Waals surface area contributed by atoms with Gasteiger partial charge in [-0.3, -0.25) is 4.79 Å². The SMILES string of the molecule is CC(=O)C(C)(O)Cc1cn(C)c2ccccc12. The number of rotatable bonds is 3. The number of benzene rings is 1. The predicted octanol–water partition coefficient (Wildman–Crippen LogP) is 2.06. The molecule has 0 radical (unpaired) electrons. The van der Waals surface area contributed by atoms with E-state index < -0.39 is 5.60 Å². The molecule has 3 nitrogen and oxygen atoms in total. The predicted molar refractivity (Wildman–Crippen MR) is 67.9 cm³/mol. The molecule has 0 aliphatic rings. The number of Topliss-reactive ketones (excluding diaryl/α,β-unsaturated/α-hetero) is 1. The molecule has 1 heterocycles. The first-order chi connectivity index (χ1) is 7.92. The van der Waals surface area contributed by atoms with Gasteiger partial charge in [0.2, 0.25) is 0 Å². The van der Waals surface area contributed by atoms with E-state index in [9.17, 15) is 9.90 Å². The summed E-state index contributed by atoms with van der Waals surface area (Å²) < 4.78 is 2.01. The molecular formula is C14H17NO2. The maximum absolute atomic E-state index is 11.4. The third kappa shape index (κ3) is 2.11. The van der Waals surface area contributed by atoms with E-state index in [1.807, 2.05) is 42.1 Å². The van der Waals surface area contributed by atoms with Gasteiger partial charge in [-0.2, -0.15) is 0 Å². The van der Waals surface area contributed by atoms with Crippen LogP contribution in [-0.4, -0.2) is 21.1 Å². The van der Waals surface area contributed by atoms with E-state index >= 15 is 0 Å². The van der Waals surface area contributed by atoms with Crippen LogP contribution < -0.4 is 0 Å². The smallest absolute Gasteiger partial charge is 0.161 e. The number of aromatic nitrogens is 1. The van der Waals surface area contributed by atoms with Crippen LogP contribution in [-0.2, 0) is 18.3 Å². The Bertz CT molecular complexity index is 567. The lowest BCUT2D eigenvalue weighted by atomic mass is 9.93. The normalized spacial score (nSPS) is 14.8. The highest BCUT2D eigenvalue weighted by molar-refractivity contribution is 5.87. The first-order valence-corrected chi connectivity index (χ1v) is 5.68. The van der Waals surface area contributed by atoms with Gasteiger partial charge in [0.15, 0.2) is 5.78 Å². The summed E-state index contributed by atoms with van der Waals surface area (Å²) in [5.41, 5.74) is 0.828. The molecule has 0 amide bonds. The summed E-state index contributed by atoms with van der Waals surface area (Å²) in [7, 11) is 1.97. The molecule has 1 N–H and O–H groups in total. The van der Waals surface area contributed by atoms with Crippen LogP contribution in [0, 0.1) is 0 Å². The van der Waals surface area contributed by atoms with Crippen molar-refractivity contribution in [2.24, 2.45) is 7.05 Å². The highest BCUT2D eigenvalue weighted by Gasteiger charge is 2.27.